The van der Waals surface area contributed by atoms with Crippen LogP contribution in [0.4, 0.5) is 22.7 Å². The van der Waals surface area contributed by atoms with Crippen molar-refractivity contribution in [3.05, 3.63) is 60.7 Å². The van der Waals surface area contributed by atoms with Gasteiger partial charge in [-0.1, -0.05) is 24.3 Å². The van der Waals surface area contributed by atoms with Crippen LogP contribution in [0.25, 0.3) is 0 Å². The highest BCUT2D eigenvalue weighted by Crippen LogP contribution is 2.38. The van der Waals surface area contributed by atoms with E-state index in [2.05, 4.69) is 32.0 Å². The third-order valence-corrected chi connectivity index (χ3v) is 3.52. The summed E-state index contributed by atoms with van der Waals surface area (Å²) in [6.07, 6.45) is 0. The van der Waals surface area contributed by atoms with Gasteiger partial charge in [0.25, 0.3) is 0 Å². The molecule has 0 aromatic heterocycles. The fraction of sp³-hybridized carbons (Fsp3) is 0. The number of phenols is 4. The number of phenolic OH excluding ortho intramolecular Hbond substituents is 4. The first-order valence-electron chi connectivity index (χ1n) is 7.99. The summed E-state index contributed by atoms with van der Waals surface area (Å²) in [4.78, 5) is 15.5. The second-order valence-electron chi connectivity index (χ2n) is 5.45. The minimum atomic E-state index is -0.311. The summed E-state index contributed by atoms with van der Waals surface area (Å²) in [6.45, 7) is 0. The van der Waals surface area contributed by atoms with Gasteiger partial charge in [0.05, 0.1) is 0 Å². The van der Waals surface area contributed by atoms with Crippen molar-refractivity contribution in [2.45, 2.75) is 0 Å². The van der Waals surface area contributed by atoms with Crippen molar-refractivity contribution in [2.75, 3.05) is 0 Å². The lowest BCUT2D eigenvalue weighted by Crippen LogP contribution is -1.73. The van der Waals surface area contributed by atoms with E-state index in [1.807, 2.05) is 0 Å². The number of nitrogens with zero attached hydrogens (tertiary/aromatic N) is 4. The van der Waals surface area contributed by atoms with Gasteiger partial charge in [0.2, 0.25) is 0 Å². The van der Waals surface area contributed by atoms with Crippen LogP contribution in [0.1, 0.15) is 0 Å². The summed E-state index contributed by atoms with van der Waals surface area (Å²) < 4.78 is 0. The Bertz CT molecular complexity index is 1060. The van der Waals surface area contributed by atoms with Gasteiger partial charge >= 0.3 is 0 Å². The van der Waals surface area contributed by atoms with Crippen LogP contribution >= 0.6 is 0 Å². The van der Waals surface area contributed by atoms with Crippen LogP contribution in [0.3, 0.4) is 0 Å². The van der Waals surface area contributed by atoms with Crippen molar-refractivity contribution in [3.63, 3.8) is 0 Å². The molecule has 8 nitrogen and oxygen atoms in total. The quantitative estimate of drug-likeness (QED) is 0.489. The fourth-order valence-corrected chi connectivity index (χ4v) is 2.12. The third-order valence-electron chi connectivity index (χ3n) is 3.52. The molecule has 0 heterocycles. The molecular formula is C20H14N4O4. The van der Waals surface area contributed by atoms with Crippen molar-refractivity contribution in [3.8, 4) is 23.0 Å². The Balaban J connectivity index is 1.91. The summed E-state index contributed by atoms with van der Waals surface area (Å²) in [5.74, 6) is -0.695. The molecule has 3 rings (SSSR count). The largest absolute Gasteiger partial charge is 0.506 e. The first kappa shape index (κ1) is 18.4. The van der Waals surface area contributed by atoms with Gasteiger partial charge in [0.1, 0.15) is 57.8 Å². The molecule has 28 heavy (non-hydrogen) atoms. The van der Waals surface area contributed by atoms with Crippen LogP contribution in [-0.2, 0) is 0 Å². The Hall–Kier alpha value is -4.38. The van der Waals surface area contributed by atoms with E-state index in [0.717, 1.165) is 6.07 Å². The molecule has 0 aliphatic rings. The predicted octanol–water partition coefficient (Wildman–Crippen LogP) is 4.78. The maximum atomic E-state index is 9.90. The highest BCUT2D eigenvalue weighted by Gasteiger charge is 2.07. The first-order chi connectivity index (χ1) is 13.5. The average Bonchev–Trinajstić information content (AvgIpc) is 2.68. The molecule has 0 saturated heterocycles. The Morgan fingerprint density at radius 2 is 0.857 bits per heavy atom. The fourth-order valence-electron chi connectivity index (χ4n) is 2.12. The maximum Gasteiger partial charge on any atom is 0.145 e. The van der Waals surface area contributed by atoms with E-state index < -0.39 is 0 Å². The number of aliphatic imine (C=N–C) groups is 4. The third kappa shape index (κ3) is 4.42. The van der Waals surface area contributed by atoms with Gasteiger partial charge < -0.3 is 20.4 Å². The van der Waals surface area contributed by atoms with Crippen molar-refractivity contribution >= 4 is 34.8 Å². The summed E-state index contributed by atoms with van der Waals surface area (Å²) >= 11 is 0. The lowest BCUT2D eigenvalue weighted by atomic mass is 10.2. The highest BCUT2D eigenvalue weighted by molar-refractivity contribution is 5.72. The van der Waals surface area contributed by atoms with E-state index in [0.29, 0.717) is 0 Å². The van der Waals surface area contributed by atoms with Crippen LogP contribution < -0.4 is 0 Å². The normalized spacial score (nSPS) is 9.71. The smallest absolute Gasteiger partial charge is 0.145 e. The molecule has 0 amide bonds. The number of rotatable bonds is 4. The molecule has 0 bridgehead atoms. The first-order valence-corrected chi connectivity index (χ1v) is 7.99. The van der Waals surface area contributed by atoms with E-state index >= 15 is 0 Å². The molecule has 0 saturated carbocycles. The molecule has 0 spiro atoms. The lowest BCUT2D eigenvalue weighted by Gasteiger charge is -2.01. The van der Waals surface area contributed by atoms with E-state index in [-0.39, 0.29) is 45.7 Å². The molecule has 0 aliphatic carbocycles. The van der Waals surface area contributed by atoms with Gasteiger partial charge in [-0.25, -0.2) is 0 Å². The number of para-hydroxylation sites is 4. The molecule has 0 radical (unpaired) electrons. The van der Waals surface area contributed by atoms with Crippen LogP contribution in [0.2, 0.25) is 0 Å². The van der Waals surface area contributed by atoms with E-state index in [9.17, 15) is 20.4 Å². The zero-order chi connectivity index (χ0) is 19.9. The minimum Gasteiger partial charge on any atom is -0.506 e. The molecule has 4 N–H and O–H groups in total. The predicted molar refractivity (Wildman–Crippen MR) is 104 cm³/mol. The summed E-state index contributed by atoms with van der Waals surface area (Å²) in [6, 6.07) is 19.8. The summed E-state index contributed by atoms with van der Waals surface area (Å²) in [5, 5.41) is 39.1. The van der Waals surface area contributed by atoms with Crippen molar-refractivity contribution in [1.29, 1.82) is 0 Å². The highest BCUT2D eigenvalue weighted by atomic mass is 16.3. The second kappa shape index (κ2) is 8.33. The van der Waals surface area contributed by atoms with Gasteiger partial charge in [-0.15, -0.1) is 0 Å². The van der Waals surface area contributed by atoms with Crippen molar-refractivity contribution < 1.29 is 20.4 Å². The minimum absolute atomic E-state index is 0.0363. The number of aromatic hydroxyl groups is 4. The molecule has 8 heteroatoms. The SMILES string of the molecule is Oc1ccccc1N=C=Nc1cc(N=C=Nc2ccccc2O)c(O)cc1O. The Morgan fingerprint density at radius 1 is 0.464 bits per heavy atom. The number of hydrogen-bond acceptors (Lipinski definition) is 8. The van der Waals surface area contributed by atoms with Gasteiger partial charge in [0.15, 0.2) is 0 Å². The molecule has 0 fully saturated rings. The molecule has 0 aliphatic heterocycles. The van der Waals surface area contributed by atoms with E-state index in [1.165, 1.54) is 18.2 Å². The Morgan fingerprint density at radius 3 is 1.29 bits per heavy atom. The van der Waals surface area contributed by atoms with E-state index in [4.69, 9.17) is 0 Å². The van der Waals surface area contributed by atoms with Gasteiger partial charge in [0, 0.05) is 6.07 Å². The topological polar surface area (TPSA) is 130 Å². The summed E-state index contributed by atoms with van der Waals surface area (Å²) in [7, 11) is 0. The summed E-state index contributed by atoms with van der Waals surface area (Å²) in [5.41, 5.74) is 0.607. The maximum absolute atomic E-state index is 9.90. The van der Waals surface area contributed by atoms with E-state index in [1.54, 1.807) is 36.4 Å². The lowest BCUT2D eigenvalue weighted by molar-refractivity contribution is 0.452. The van der Waals surface area contributed by atoms with Crippen molar-refractivity contribution in [1.82, 2.24) is 0 Å². The van der Waals surface area contributed by atoms with Gasteiger partial charge in [-0.3, -0.25) is 0 Å². The monoisotopic (exact) mass is 374 g/mol. The van der Waals surface area contributed by atoms with Crippen LogP contribution in [0.15, 0.2) is 80.6 Å². The van der Waals surface area contributed by atoms with Crippen LogP contribution in [-0.4, -0.2) is 32.4 Å². The molecule has 0 unspecified atom stereocenters. The molecule has 0 atom stereocenters. The Kier molecular flexibility index (Phi) is 5.48. The van der Waals surface area contributed by atoms with Crippen LogP contribution in [0, 0.1) is 0 Å². The zero-order valence-corrected chi connectivity index (χ0v) is 14.4. The molecular weight excluding hydrogens is 360 g/mol. The zero-order valence-electron chi connectivity index (χ0n) is 14.4. The molecule has 138 valence electrons. The van der Waals surface area contributed by atoms with Gasteiger partial charge in [-0.05, 0) is 30.3 Å². The average molecular weight is 374 g/mol. The molecule has 3 aromatic carbocycles. The number of benzene rings is 3. The second-order valence-corrected chi connectivity index (χ2v) is 5.45. The van der Waals surface area contributed by atoms with Crippen LogP contribution in [0.5, 0.6) is 23.0 Å². The standard InChI is InChI=1S/C20H14N4O4/c25-17-7-3-1-5-13(17)21-11-23-15-9-16(20(28)10-19(15)27)24-12-22-14-6-2-4-8-18(14)26/h1-10,25-28H. The van der Waals surface area contributed by atoms with Crippen molar-refractivity contribution in [2.24, 2.45) is 20.0 Å². The molecule has 3 aromatic rings. The van der Waals surface area contributed by atoms with Gasteiger partial charge in [-0.2, -0.15) is 20.0 Å². The Labute approximate surface area is 159 Å². The number of hydrogen-bond donors (Lipinski definition) is 4.